The van der Waals surface area contributed by atoms with Gasteiger partial charge in [-0.25, -0.2) is 4.79 Å². The smallest absolute Gasteiger partial charge is 0.408 e. The van der Waals surface area contributed by atoms with Gasteiger partial charge in [0.05, 0.1) is 0 Å². The molecule has 2 aromatic carbocycles. The van der Waals surface area contributed by atoms with Crippen LogP contribution in [-0.4, -0.2) is 46.5 Å². The third kappa shape index (κ3) is 10.0. The summed E-state index contributed by atoms with van der Waals surface area (Å²) < 4.78 is 5.51. The number of benzene rings is 2. The molecule has 0 aliphatic rings. The van der Waals surface area contributed by atoms with Crippen molar-refractivity contribution in [3.8, 4) is 0 Å². The van der Waals surface area contributed by atoms with E-state index < -0.39 is 23.8 Å². The van der Waals surface area contributed by atoms with E-state index in [9.17, 15) is 14.4 Å². The zero-order valence-corrected chi connectivity index (χ0v) is 24.9. The Morgan fingerprint density at radius 2 is 1.62 bits per heavy atom. The van der Waals surface area contributed by atoms with Gasteiger partial charge in [0.25, 0.3) is 0 Å². The maximum Gasteiger partial charge on any atom is 0.408 e. The number of carbonyl (C=O) groups is 3. The van der Waals surface area contributed by atoms with Gasteiger partial charge >= 0.3 is 6.09 Å². The highest BCUT2D eigenvalue weighted by Gasteiger charge is 2.39. The van der Waals surface area contributed by atoms with Crippen molar-refractivity contribution < 1.29 is 19.1 Å². The molecule has 2 N–H and O–H groups in total. The van der Waals surface area contributed by atoms with Crippen LogP contribution in [-0.2, 0) is 20.7 Å². The number of nitrogens with one attached hydrogen (secondary N) is 2. The number of hydrogen-bond donors (Lipinski definition) is 2. The normalized spacial score (nSPS) is 14.5. The average Bonchev–Trinajstić information content (AvgIpc) is 2.85. The van der Waals surface area contributed by atoms with E-state index in [1.807, 2.05) is 82.3 Å². The summed E-state index contributed by atoms with van der Waals surface area (Å²) in [7, 11) is 0. The van der Waals surface area contributed by atoms with Gasteiger partial charge in [-0.3, -0.25) is 9.59 Å². The highest BCUT2D eigenvalue weighted by Crippen LogP contribution is 2.28. The first kappa shape index (κ1) is 31.9. The van der Waals surface area contributed by atoms with E-state index in [4.69, 9.17) is 4.74 Å². The Labute approximate surface area is 234 Å². The maximum atomic E-state index is 14.4. The molecule has 39 heavy (non-hydrogen) atoms. The van der Waals surface area contributed by atoms with E-state index in [-0.39, 0.29) is 30.3 Å². The van der Waals surface area contributed by atoms with Crippen molar-refractivity contribution in [1.29, 1.82) is 0 Å². The molecule has 0 aliphatic heterocycles. The number of carbonyl (C=O) groups excluding carboxylic acids is 3. The zero-order chi connectivity index (χ0) is 29.2. The van der Waals surface area contributed by atoms with Crippen molar-refractivity contribution in [2.75, 3.05) is 0 Å². The molecule has 7 nitrogen and oxygen atoms in total. The molecule has 0 saturated carbocycles. The molecule has 2 rings (SSSR count). The predicted octanol–water partition coefficient (Wildman–Crippen LogP) is 6.10. The number of aryl methyl sites for hydroxylation is 1. The Bertz CT molecular complexity index is 1080. The summed E-state index contributed by atoms with van der Waals surface area (Å²) in [6.45, 7) is 15.3. The monoisotopic (exact) mass is 537 g/mol. The Morgan fingerprint density at radius 3 is 2.18 bits per heavy atom. The van der Waals surface area contributed by atoms with Crippen LogP contribution in [0.5, 0.6) is 0 Å². The maximum absolute atomic E-state index is 14.4. The van der Waals surface area contributed by atoms with Crippen LogP contribution in [0.1, 0.15) is 90.5 Å². The molecule has 0 radical (unpaired) electrons. The second kappa shape index (κ2) is 14.7. The fourth-order valence-electron chi connectivity index (χ4n) is 4.58. The summed E-state index contributed by atoms with van der Waals surface area (Å²) in [5.74, 6) is -0.560. The minimum atomic E-state index is -0.926. The molecule has 3 amide bonds. The highest BCUT2D eigenvalue weighted by molar-refractivity contribution is 5.92. The Balaban J connectivity index is 2.57. The highest BCUT2D eigenvalue weighted by atomic mass is 16.6. The summed E-state index contributed by atoms with van der Waals surface area (Å²) in [6, 6.07) is 15.2. The van der Waals surface area contributed by atoms with Gasteiger partial charge in [0.1, 0.15) is 17.7 Å². The van der Waals surface area contributed by atoms with Gasteiger partial charge < -0.3 is 20.3 Å². The van der Waals surface area contributed by atoms with Gasteiger partial charge in [-0.1, -0.05) is 80.4 Å². The van der Waals surface area contributed by atoms with E-state index in [1.54, 1.807) is 25.7 Å². The summed E-state index contributed by atoms with van der Waals surface area (Å²) in [6.07, 6.45) is 1.99. The summed E-state index contributed by atoms with van der Waals surface area (Å²) in [5.41, 5.74) is 1.90. The van der Waals surface area contributed by atoms with Crippen molar-refractivity contribution in [2.24, 2.45) is 0 Å². The van der Waals surface area contributed by atoms with Crippen LogP contribution in [0.4, 0.5) is 4.79 Å². The van der Waals surface area contributed by atoms with E-state index >= 15 is 0 Å². The number of ether oxygens (including phenoxy) is 1. The largest absolute Gasteiger partial charge is 0.444 e. The summed E-state index contributed by atoms with van der Waals surface area (Å²) in [5, 5.41) is 5.94. The quantitative estimate of drug-likeness (QED) is 0.342. The number of amides is 3. The van der Waals surface area contributed by atoms with E-state index in [1.165, 1.54) is 0 Å². The van der Waals surface area contributed by atoms with Crippen molar-refractivity contribution >= 4 is 17.9 Å². The van der Waals surface area contributed by atoms with Crippen LogP contribution in [0.15, 0.2) is 54.6 Å². The number of nitrogens with zero attached hydrogens (tertiary/aromatic N) is 1. The molecule has 0 bridgehead atoms. The van der Waals surface area contributed by atoms with Gasteiger partial charge in [-0.2, -0.15) is 0 Å². The molecule has 0 saturated heterocycles. The van der Waals surface area contributed by atoms with Crippen molar-refractivity contribution in [3.63, 3.8) is 0 Å². The van der Waals surface area contributed by atoms with Crippen molar-refractivity contribution in [1.82, 2.24) is 15.5 Å². The van der Waals surface area contributed by atoms with E-state index in [0.717, 1.165) is 29.5 Å². The van der Waals surface area contributed by atoms with E-state index in [2.05, 4.69) is 17.6 Å². The Kier molecular flexibility index (Phi) is 12.0. The minimum Gasteiger partial charge on any atom is -0.444 e. The van der Waals surface area contributed by atoms with Crippen molar-refractivity contribution in [3.05, 3.63) is 71.3 Å². The second-order valence-electron chi connectivity index (χ2n) is 11.4. The first-order valence-electron chi connectivity index (χ1n) is 14.1. The molecule has 0 aromatic heterocycles. The fraction of sp³-hybridized carbons (Fsp3) is 0.531. The minimum absolute atomic E-state index is 0.0382. The lowest BCUT2D eigenvalue weighted by molar-refractivity contribution is -0.145. The van der Waals surface area contributed by atoms with Gasteiger partial charge in [0.15, 0.2) is 0 Å². The lowest BCUT2D eigenvalue weighted by atomic mass is 9.96. The standard InChI is InChI=1S/C32H47N3O4/c1-9-15-23(4)33-29(36)28(26-19-14-16-22(3)20-26)35(24(5)10-2)30(37)27(21-25-17-12-11-13-18-25)34-31(38)39-32(6,7)8/h11-14,16-20,23-24,27-28H,9-10,15,21H2,1-8H3,(H,33,36)(H,34,38). The molecule has 214 valence electrons. The first-order valence-corrected chi connectivity index (χ1v) is 14.1. The second-order valence-corrected chi connectivity index (χ2v) is 11.4. The summed E-state index contributed by atoms with van der Waals surface area (Å²) in [4.78, 5) is 42.8. The zero-order valence-electron chi connectivity index (χ0n) is 24.9. The number of hydrogen-bond acceptors (Lipinski definition) is 4. The van der Waals surface area contributed by atoms with Crippen LogP contribution in [0.3, 0.4) is 0 Å². The van der Waals surface area contributed by atoms with Crippen LogP contribution in [0.25, 0.3) is 0 Å². The molecular weight excluding hydrogens is 490 g/mol. The topological polar surface area (TPSA) is 87.7 Å². The van der Waals surface area contributed by atoms with E-state index in [0.29, 0.717) is 6.42 Å². The molecule has 0 spiro atoms. The molecular formula is C32H47N3O4. The third-order valence-electron chi connectivity index (χ3n) is 6.59. The van der Waals surface area contributed by atoms with Crippen LogP contribution in [0.2, 0.25) is 0 Å². The Morgan fingerprint density at radius 1 is 0.949 bits per heavy atom. The summed E-state index contributed by atoms with van der Waals surface area (Å²) >= 11 is 0. The lowest BCUT2D eigenvalue weighted by Gasteiger charge is -2.38. The average molecular weight is 538 g/mol. The molecule has 0 heterocycles. The first-order chi connectivity index (χ1) is 18.4. The lowest BCUT2D eigenvalue weighted by Crippen LogP contribution is -2.56. The SMILES string of the molecule is CCCC(C)NC(=O)C(c1cccc(C)c1)N(C(=O)C(Cc1ccccc1)NC(=O)OC(C)(C)C)C(C)CC. The molecule has 0 fully saturated rings. The van der Waals surface area contributed by atoms with Crippen LogP contribution < -0.4 is 10.6 Å². The molecule has 4 unspecified atom stereocenters. The van der Waals surface area contributed by atoms with Gasteiger partial charge in [0.2, 0.25) is 11.8 Å². The predicted molar refractivity (Wildman–Crippen MR) is 156 cm³/mol. The van der Waals surface area contributed by atoms with Gasteiger partial charge in [-0.15, -0.1) is 0 Å². The third-order valence-corrected chi connectivity index (χ3v) is 6.59. The molecule has 7 heteroatoms. The number of rotatable bonds is 12. The van der Waals surface area contributed by atoms with Crippen LogP contribution in [0, 0.1) is 6.92 Å². The van der Waals surface area contributed by atoms with Crippen LogP contribution >= 0.6 is 0 Å². The molecule has 0 aliphatic carbocycles. The molecule has 2 aromatic rings. The fourth-order valence-corrected chi connectivity index (χ4v) is 4.58. The van der Waals surface area contributed by atoms with Crippen molar-refractivity contribution in [2.45, 2.75) is 111 Å². The van der Waals surface area contributed by atoms with Gasteiger partial charge in [-0.05, 0) is 65.5 Å². The number of alkyl carbamates (subject to hydrolysis) is 1. The van der Waals surface area contributed by atoms with Gasteiger partial charge in [0, 0.05) is 18.5 Å². The Hall–Kier alpha value is -3.35. The molecule has 4 atom stereocenters.